The smallest absolute Gasteiger partial charge is 0.227 e. The third kappa shape index (κ3) is 3.86. The van der Waals surface area contributed by atoms with Gasteiger partial charge in [0.25, 0.3) is 0 Å². The largest absolute Gasteiger partial charge is 0.496 e. The number of carbonyl (C=O) groups is 1. The molecule has 0 saturated carbocycles. The SMILES string of the molecule is COc1c(C)cnc(CN(C)C(=O)Cc2ccccc2F)c1C. The van der Waals surface area contributed by atoms with Crippen LogP contribution in [0.1, 0.15) is 22.4 Å². The Labute approximate surface area is 135 Å². The predicted octanol–water partition coefficient (Wildman–Crippen LogP) is 3.05. The molecule has 0 aliphatic rings. The molecule has 1 aromatic heterocycles. The van der Waals surface area contributed by atoms with Gasteiger partial charge in [-0.15, -0.1) is 0 Å². The van der Waals surface area contributed by atoms with Gasteiger partial charge in [-0.25, -0.2) is 4.39 Å². The number of aryl methyl sites for hydroxylation is 1. The van der Waals surface area contributed by atoms with Gasteiger partial charge < -0.3 is 9.64 Å². The Kier molecular flexibility index (Phi) is 5.32. The summed E-state index contributed by atoms with van der Waals surface area (Å²) in [5, 5.41) is 0. The maximum Gasteiger partial charge on any atom is 0.227 e. The molecule has 0 unspecified atom stereocenters. The predicted molar refractivity (Wildman–Crippen MR) is 86.8 cm³/mol. The van der Waals surface area contributed by atoms with E-state index >= 15 is 0 Å². The molecule has 0 bridgehead atoms. The monoisotopic (exact) mass is 316 g/mol. The van der Waals surface area contributed by atoms with Crippen LogP contribution < -0.4 is 4.74 Å². The van der Waals surface area contributed by atoms with Crippen LogP contribution in [0.3, 0.4) is 0 Å². The van der Waals surface area contributed by atoms with E-state index in [1.807, 2.05) is 13.8 Å². The van der Waals surface area contributed by atoms with Gasteiger partial charge in [0.15, 0.2) is 0 Å². The number of likely N-dealkylation sites (N-methyl/N-ethyl adjacent to an activating group) is 1. The van der Waals surface area contributed by atoms with Gasteiger partial charge in [0.2, 0.25) is 5.91 Å². The Morgan fingerprint density at radius 3 is 2.65 bits per heavy atom. The summed E-state index contributed by atoms with van der Waals surface area (Å²) in [5.41, 5.74) is 3.04. The minimum Gasteiger partial charge on any atom is -0.496 e. The maximum absolute atomic E-state index is 13.6. The number of aromatic nitrogens is 1. The molecule has 2 aromatic rings. The number of amides is 1. The molecule has 0 radical (unpaired) electrons. The first kappa shape index (κ1) is 16.9. The summed E-state index contributed by atoms with van der Waals surface area (Å²) in [4.78, 5) is 18.2. The van der Waals surface area contributed by atoms with E-state index in [0.717, 1.165) is 22.6 Å². The molecule has 122 valence electrons. The Morgan fingerprint density at radius 2 is 2.00 bits per heavy atom. The van der Waals surface area contributed by atoms with Crippen molar-refractivity contribution < 1.29 is 13.9 Å². The molecule has 0 aliphatic heterocycles. The lowest BCUT2D eigenvalue weighted by Crippen LogP contribution is -2.28. The van der Waals surface area contributed by atoms with Crippen molar-refractivity contribution in [3.05, 3.63) is 58.7 Å². The van der Waals surface area contributed by atoms with E-state index < -0.39 is 0 Å². The van der Waals surface area contributed by atoms with E-state index in [1.165, 1.54) is 6.07 Å². The summed E-state index contributed by atoms with van der Waals surface area (Å²) in [6.07, 6.45) is 1.77. The highest BCUT2D eigenvalue weighted by Gasteiger charge is 2.16. The van der Waals surface area contributed by atoms with Crippen molar-refractivity contribution in [3.63, 3.8) is 0 Å². The number of nitrogens with zero attached hydrogens (tertiary/aromatic N) is 2. The second kappa shape index (κ2) is 7.22. The topological polar surface area (TPSA) is 42.4 Å². The molecule has 0 spiro atoms. The van der Waals surface area contributed by atoms with E-state index in [1.54, 1.807) is 43.5 Å². The fraction of sp³-hybridized carbons (Fsp3) is 0.333. The van der Waals surface area contributed by atoms with E-state index in [9.17, 15) is 9.18 Å². The molecule has 0 N–H and O–H groups in total. The normalized spacial score (nSPS) is 10.5. The molecular weight excluding hydrogens is 295 g/mol. The molecule has 2 rings (SSSR count). The average Bonchev–Trinajstić information content (AvgIpc) is 2.52. The molecule has 0 fully saturated rings. The van der Waals surface area contributed by atoms with Gasteiger partial charge in [-0.2, -0.15) is 0 Å². The van der Waals surface area contributed by atoms with Gasteiger partial charge >= 0.3 is 0 Å². The number of carbonyl (C=O) groups excluding carboxylic acids is 1. The van der Waals surface area contributed by atoms with Crippen LogP contribution in [0.15, 0.2) is 30.5 Å². The van der Waals surface area contributed by atoms with Gasteiger partial charge in [-0.05, 0) is 25.5 Å². The highest BCUT2D eigenvalue weighted by molar-refractivity contribution is 5.78. The standard InChI is InChI=1S/C18H21FN2O2/c1-12-10-20-16(13(2)18(12)23-4)11-21(3)17(22)9-14-7-5-6-8-15(14)19/h5-8,10H,9,11H2,1-4H3. The van der Waals surface area contributed by atoms with Crippen molar-refractivity contribution >= 4 is 5.91 Å². The van der Waals surface area contributed by atoms with Crippen LogP contribution in [-0.2, 0) is 17.8 Å². The third-order valence-corrected chi connectivity index (χ3v) is 3.86. The number of halogens is 1. The first-order valence-corrected chi connectivity index (χ1v) is 7.40. The molecule has 1 amide bonds. The number of hydrogen-bond acceptors (Lipinski definition) is 3. The summed E-state index contributed by atoms with van der Waals surface area (Å²) in [6, 6.07) is 6.32. The molecule has 1 aromatic carbocycles. The van der Waals surface area contributed by atoms with Crippen molar-refractivity contribution in [3.8, 4) is 5.75 Å². The Hall–Kier alpha value is -2.43. The molecule has 0 atom stereocenters. The zero-order valence-corrected chi connectivity index (χ0v) is 13.9. The van der Waals surface area contributed by atoms with Crippen LogP contribution in [-0.4, -0.2) is 29.9 Å². The number of hydrogen-bond donors (Lipinski definition) is 0. The molecule has 0 saturated heterocycles. The second-order valence-electron chi connectivity index (χ2n) is 5.56. The van der Waals surface area contributed by atoms with Crippen molar-refractivity contribution in [1.29, 1.82) is 0 Å². The van der Waals surface area contributed by atoms with Gasteiger partial charge in [0.05, 0.1) is 25.8 Å². The molecule has 0 aliphatic carbocycles. The zero-order chi connectivity index (χ0) is 17.0. The number of pyridine rings is 1. The summed E-state index contributed by atoms with van der Waals surface area (Å²) in [6.45, 7) is 4.20. The summed E-state index contributed by atoms with van der Waals surface area (Å²) >= 11 is 0. The van der Waals surface area contributed by atoms with Crippen LogP contribution in [0.2, 0.25) is 0 Å². The van der Waals surface area contributed by atoms with Crippen LogP contribution in [0.25, 0.3) is 0 Å². The van der Waals surface area contributed by atoms with Gasteiger partial charge in [-0.1, -0.05) is 18.2 Å². The van der Waals surface area contributed by atoms with Crippen LogP contribution in [0.5, 0.6) is 5.75 Å². The maximum atomic E-state index is 13.6. The first-order chi connectivity index (χ1) is 10.9. The summed E-state index contributed by atoms with van der Waals surface area (Å²) in [5.74, 6) is 0.265. The lowest BCUT2D eigenvalue weighted by Gasteiger charge is -2.19. The van der Waals surface area contributed by atoms with Gasteiger partial charge in [0, 0.05) is 24.4 Å². The van der Waals surface area contributed by atoms with E-state index in [2.05, 4.69) is 4.98 Å². The van der Waals surface area contributed by atoms with Gasteiger partial charge in [0.1, 0.15) is 11.6 Å². The zero-order valence-electron chi connectivity index (χ0n) is 13.9. The van der Waals surface area contributed by atoms with E-state index in [0.29, 0.717) is 12.1 Å². The molecule has 5 heteroatoms. The quantitative estimate of drug-likeness (QED) is 0.851. The Bertz CT molecular complexity index is 716. The van der Waals surface area contributed by atoms with Crippen molar-refractivity contribution in [1.82, 2.24) is 9.88 Å². The van der Waals surface area contributed by atoms with E-state index in [4.69, 9.17) is 4.74 Å². The highest BCUT2D eigenvalue weighted by Crippen LogP contribution is 2.24. The Morgan fingerprint density at radius 1 is 1.30 bits per heavy atom. The number of methoxy groups -OCH3 is 1. The second-order valence-corrected chi connectivity index (χ2v) is 5.56. The lowest BCUT2D eigenvalue weighted by molar-refractivity contribution is -0.129. The van der Waals surface area contributed by atoms with Gasteiger partial charge in [-0.3, -0.25) is 9.78 Å². The third-order valence-electron chi connectivity index (χ3n) is 3.86. The number of ether oxygens (including phenoxy) is 1. The van der Waals surface area contributed by atoms with Crippen molar-refractivity contribution in [2.45, 2.75) is 26.8 Å². The number of benzene rings is 1. The van der Waals surface area contributed by atoms with Crippen LogP contribution in [0, 0.1) is 19.7 Å². The average molecular weight is 316 g/mol. The fourth-order valence-electron chi connectivity index (χ4n) is 2.48. The highest BCUT2D eigenvalue weighted by atomic mass is 19.1. The lowest BCUT2D eigenvalue weighted by atomic mass is 10.1. The number of rotatable bonds is 5. The van der Waals surface area contributed by atoms with Crippen molar-refractivity contribution in [2.24, 2.45) is 0 Å². The first-order valence-electron chi connectivity index (χ1n) is 7.40. The Balaban J connectivity index is 2.11. The minimum absolute atomic E-state index is 0.0330. The summed E-state index contributed by atoms with van der Waals surface area (Å²) < 4.78 is 19.0. The van der Waals surface area contributed by atoms with E-state index in [-0.39, 0.29) is 18.1 Å². The molecule has 1 heterocycles. The molecule has 4 nitrogen and oxygen atoms in total. The molecular formula is C18H21FN2O2. The summed E-state index contributed by atoms with van der Waals surface area (Å²) in [7, 11) is 3.31. The minimum atomic E-state index is -0.361. The fourth-order valence-corrected chi connectivity index (χ4v) is 2.48. The van der Waals surface area contributed by atoms with Crippen molar-refractivity contribution in [2.75, 3.05) is 14.2 Å². The van der Waals surface area contributed by atoms with Crippen LogP contribution in [0.4, 0.5) is 4.39 Å². The van der Waals surface area contributed by atoms with Crippen LogP contribution >= 0.6 is 0 Å². The molecule has 23 heavy (non-hydrogen) atoms.